The number of carbonyl (C=O) groups is 2. The number of nitrogens with zero attached hydrogens (tertiary/aromatic N) is 3. The predicted octanol–water partition coefficient (Wildman–Crippen LogP) is 1.65. The molecule has 34 heavy (non-hydrogen) atoms. The number of hydrogen-bond acceptors (Lipinski definition) is 6. The van der Waals surface area contributed by atoms with E-state index in [0.29, 0.717) is 31.0 Å². The van der Waals surface area contributed by atoms with E-state index in [2.05, 4.69) is 38.7 Å². The lowest BCUT2D eigenvalue weighted by Gasteiger charge is -2.43. The first-order valence-corrected chi connectivity index (χ1v) is 12.3. The molecule has 8 nitrogen and oxygen atoms in total. The number of amides is 2. The van der Waals surface area contributed by atoms with E-state index in [-0.39, 0.29) is 30.3 Å². The quantitative estimate of drug-likeness (QED) is 0.551. The fourth-order valence-electron chi connectivity index (χ4n) is 4.91. The van der Waals surface area contributed by atoms with Gasteiger partial charge in [-0.1, -0.05) is 30.7 Å². The molecule has 1 aromatic heterocycles. The summed E-state index contributed by atoms with van der Waals surface area (Å²) in [7, 11) is 0. The maximum absolute atomic E-state index is 12.6. The molecule has 1 aromatic carbocycles. The molecule has 2 aliphatic heterocycles. The molecule has 5 rings (SSSR count). The summed E-state index contributed by atoms with van der Waals surface area (Å²) in [5.41, 5.74) is 3.19. The first-order chi connectivity index (χ1) is 16.5. The highest BCUT2D eigenvalue weighted by Crippen LogP contribution is 2.30. The zero-order chi connectivity index (χ0) is 23.5. The fourth-order valence-corrected chi connectivity index (χ4v) is 4.91. The van der Waals surface area contributed by atoms with Crippen molar-refractivity contribution in [1.82, 2.24) is 20.1 Å². The third-order valence-corrected chi connectivity index (χ3v) is 7.20. The number of hydrogen-bond donors (Lipinski definition) is 3. The molecule has 3 N–H and O–H groups in total. The maximum Gasteiger partial charge on any atom is 0.251 e. The van der Waals surface area contributed by atoms with Crippen LogP contribution in [-0.4, -0.2) is 76.6 Å². The molecule has 0 spiro atoms. The van der Waals surface area contributed by atoms with Crippen LogP contribution in [0.4, 0.5) is 5.82 Å². The lowest BCUT2D eigenvalue weighted by Crippen LogP contribution is -2.59. The van der Waals surface area contributed by atoms with Gasteiger partial charge in [0, 0.05) is 56.9 Å². The average Bonchev–Trinajstić information content (AvgIpc) is 2.78. The molecule has 1 saturated heterocycles. The Balaban J connectivity index is 1.06. The summed E-state index contributed by atoms with van der Waals surface area (Å²) in [5, 5.41) is 16.6. The van der Waals surface area contributed by atoms with Crippen LogP contribution in [0.15, 0.2) is 42.6 Å². The molecule has 2 amide bonds. The molecule has 1 unspecified atom stereocenters. The average molecular weight is 464 g/mol. The third kappa shape index (κ3) is 5.23. The van der Waals surface area contributed by atoms with Crippen molar-refractivity contribution in [3.05, 3.63) is 59.3 Å². The van der Waals surface area contributed by atoms with Crippen LogP contribution in [0.25, 0.3) is 0 Å². The number of fused-ring (bicyclic) bond motifs is 1. The summed E-state index contributed by atoms with van der Waals surface area (Å²) in [6.45, 7) is 3.82. The lowest BCUT2D eigenvalue weighted by atomic mass is 9.83. The van der Waals surface area contributed by atoms with Crippen LogP contribution in [0.2, 0.25) is 0 Å². The molecule has 180 valence electrons. The highest BCUT2D eigenvalue weighted by molar-refractivity contribution is 5.94. The van der Waals surface area contributed by atoms with E-state index in [1.807, 2.05) is 11.0 Å². The van der Waals surface area contributed by atoms with Gasteiger partial charge in [-0.05, 0) is 42.5 Å². The number of rotatable bonds is 8. The highest BCUT2D eigenvalue weighted by atomic mass is 16.3. The van der Waals surface area contributed by atoms with Gasteiger partial charge in [0.25, 0.3) is 5.91 Å². The van der Waals surface area contributed by atoms with E-state index in [0.717, 1.165) is 38.8 Å². The normalized spacial score (nSPS) is 19.5. The van der Waals surface area contributed by atoms with Gasteiger partial charge in [0.2, 0.25) is 5.91 Å². The topological polar surface area (TPSA) is 97.8 Å². The van der Waals surface area contributed by atoms with Crippen molar-refractivity contribution in [1.29, 1.82) is 0 Å². The standard InChI is InChI=1S/C26H33N5O3/c32-23(17-30-11-9-18-4-1-2-5-21(18)14-30)13-28-25(33)20-8-10-27-24(12-20)29-22-15-31(16-22)26(34)19-6-3-7-19/h1-2,4-5,8,10,12,19,22-23,32H,3,6-7,9,11,13-17H2,(H,27,29)(H,28,33). The summed E-state index contributed by atoms with van der Waals surface area (Å²) in [6, 6.07) is 12.0. The van der Waals surface area contributed by atoms with Crippen molar-refractivity contribution >= 4 is 17.6 Å². The molecule has 3 aliphatic rings. The van der Waals surface area contributed by atoms with Crippen molar-refractivity contribution in [2.45, 2.75) is 44.4 Å². The van der Waals surface area contributed by atoms with Gasteiger partial charge in [0.05, 0.1) is 12.1 Å². The van der Waals surface area contributed by atoms with Gasteiger partial charge in [-0.3, -0.25) is 14.5 Å². The van der Waals surface area contributed by atoms with Crippen molar-refractivity contribution < 1.29 is 14.7 Å². The molecule has 2 fully saturated rings. The van der Waals surface area contributed by atoms with E-state index in [9.17, 15) is 14.7 Å². The molecule has 1 aliphatic carbocycles. The number of aromatic nitrogens is 1. The van der Waals surface area contributed by atoms with Crippen molar-refractivity contribution in [2.24, 2.45) is 5.92 Å². The number of benzene rings is 1. The van der Waals surface area contributed by atoms with Crippen molar-refractivity contribution in [3.8, 4) is 0 Å². The van der Waals surface area contributed by atoms with Gasteiger partial charge in [-0.25, -0.2) is 4.98 Å². The molecular formula is C26H33N5O3. The largest absolute Gasteiger partial charge is 0.390 e. The fraction of sp³-hybridized carbons (Fsp3) is 0.500. The molecule has 1 atom stereocenters. The Bertz CT molecular complexity index is 1030. The Hall–Kier alpha value is -2.97. The maximum atomic E-state index is 12.6. The van der Waals surface area contributed by atoms with Gasteiger partial charge in [-0.2, -0.15) is 0 Å². The summed E-state index contributed by atoms with van der Waals surface area (Å²) in [4.78, 5) is 33.3. The minimum atomic E-state index is -0.636. The number of aliphatic hydroxyl groups is 1. The van der Waals surface area contributed by atoms with Gasteiger partial charge in [0.15, 0.2) is 0 Å². The summed E-state index contributed by atoms with van der Waals surface area (Å²) in [6.07, 6.45) is 5.15. The number of β-amino-alcohol motifs (C(OH)–C–C–N with tert-alkyl or cyclic N) is 1. The van der Waals surface area contributed by atoms with Crippen LogP contribution in [0.5, 0.6) is 0 Å². The minimum absolute atomic E-state index is 0.159. The number of pyridine rings is 1. The smallest absolute Gasteiger partial charge is 0.251 e. The number of aliphatic hydroxyl groups excluding tert-OH is 1. The summed E-state index contributed by atoms with van der Waals surface area (Å²) >= 11 is 0. The van der Waals surface area contributed by atoms with Crippen molar-refractivity contribution in [2.75, 3.05) is 38.0 Å². The lowest BCUT2D eigenvalue weighted by molar-refractivity contribution is -0.142. The van der Waals surface area contributed by atoms with Gasteiger partial charge in [-0.15, -0.1) is 0 Å². The van der Waals surface area contributed by atoms with E-state index in [1.54, 1.807) is 18.3 Å². The van der Waals surface area contributed by atoms with Gasteiger partial charge >= 0.3 is 0 Å². The zero-order valence-electron chi connectivity index (χ0n) is 19.4. The molecule has 1 saturated carbocycles. The molecule has 0 bridgehead atoms. The molecule has 8 heteroatoms. The molecule has 2 aromatic rings. The monoisotopic (exact) mass is 463 g/mol. The predicted molar refractivity (Wildman–Crippen MR) is 129 cm³/mol. The SMILES string of the molecule is O=C(NCC(O)CN1CCc2ccccc2C1)c1ccnc(NC2CN(C(=O)C3CCC3)C2)c1. The number of nitrogens with one attached hydrogen (secondary N) is 2. The van der Waals surface area contributed by atoms with Crippen LogP contribution in [0, 0.1) is 5.92 Å². The second kappa shape index (κ2) is 10.1. The second-order valence-corrected chi connectivity index (χ2v) is 9.76. The van der Waals surface area contributed by atoms with Gasteiger partial charge in [0.1, 0.15) is 5.82 Å². The Morgan fingerprint density at radius 3 is 2.71 bits per heavy atom. The van der Waals surface area contributed by atoms with Crippen LogP contribution >= 0.6 is 0 Å². The first-order valence-electron chi connectivity index (χ1n) is 12.3. The van der Waals surface area contributed by atoms with E-state index >= 15 is 0 Å². The Kier molecular flexibility index (Phi) is 6.78. The van der Waals surface area contributed by atoms with E-state index in [1.165, 1.54) is 11.1 Å². The van der Waals surface area contributed by atoms with E-state index in [4.69, 9.17) is 0 Å². The summed E-state index contributed by atoms with van der Waals surface area (Å²) < 4.78 is 0. The molecular weight excluding hydrogens is 430 g/mol. The third-order valence-electron chi connectivity index (χ3n) is 7.20. The Morgan fingerprint density at radius 2 is 1.94 bits per heavy atom. The minimum Gasteiger partial charge on any atom is -0.390 e. The number of carbonyl (C=O) groups excluding carboxylic acids is 2. The number of anilines is 1. The first kappa shape index (κ1) is 22.8. The summed E-state index contributed by atoms with van der Waals surface area (Å²) in [5.74, 6) is 0.898. The van der Waals surface area contributed by atoms with E-state index < -0.39 is 6.10 Å². The Labute approximate surface area is 200 Å². The highest BCUT2D eigenvalue weighted by Gasteiger charge is 2.36. The van der Waals surface area contributed by atoms with Crippen LogP contribution in [0.3, 0.4) is 0 Å². The van der Waals surface area contributed by atoms with Crippen LogP contribution in [-0.2, 0) is 17.8 Å². The zero-order valence-corrected chi connectivity index (χ0v) is 19.4. The molecule has 3 heterocycles. The van der Waals surface area contributed by atoms with Crippen LogP contribution < -0.4 is 10.6 Å². The van der Waals surface area contributed by atoms with Crippen LogP contribution in [0.1, 0.15) is 40.7 Å². The van der Waals surface area contributed by atoms with Crippen molar-refractivity contribution in [3.63, 3.8) is 0 Å². The molecule has 0 radical (unpaired) electrons. The van der Waals surface area contributed by atoms with Gasteiger partial charge < -0.3 is 20.6 Å². The Morgan fingerprint density at radius 1 is 1.15 bits per heavy atom. The second-order valence-electron chi connectivity index (χ2n) is 9.76. The number of likely N-dealkylation sites (tertiary alicyclic amines) is 1.